The van der Waals surface area contributed by atoms with Crippen molar-refractivity contribution >= 4 is 22.8 Å². The maximum absolute atomic E-state index is 13.1. The van der Waals surface area contributed by atoms with Gasteiger partial charge in [0.1, 0.15) is 5.69 Å². The van der Waals surface area contributed by atoms with Gasteiger partial charge in [-0.1, -0.05) is 38.1 Å². The molecule has 9 heteroatoms. The van der Waals surface area contributed by atoms with Gasteiger partial charge in [0.15, 0.2) is 5.82 Å². The zero-order valence-corrected chi connectivity index (χ0v) is 22.1. The van der Waals surface area contributed by atoms with E-state index >= 15 is 0 Å². The van der Waals surface area contributed by atoms with Gasteiger partial charge < -0.3 is 20.9 Å². The summed E-state index contributed by atoms with van der Waals surface area (Å²) in [5.74, 6) is 0.222. The van der Waals surface area contributed by atoms with Crippen molar-refractivity contribution in [2.75, 3.05) is 13.1 Å². The first-order valence-electron chi connectivity index (χ1n) is 13.5. The summed E-state index contributed by atoms with van der Waals surface area (Å²) in [7, 11) is 0. The van der Waals surface area contributed by atoms with Gasteiger partial charge in [-0.3, -0.25) is 14.7 Å². The highest BCUT2D eigenvalue weighted by Gasteiger charge is 2.26. The zero-order chi connectivity index (χ0) is 26.6. The Kier molecular flexibility index (Phi) is 7.55. The molecule has 3 heterocycles. The smallest absolute Gasteiger partial charge is 0.255 e. The van der Waals surface area contributed by atoms with Gasteiger partial charge >= 0.3 is 0 Å². The zero-order valence-electron chi connectivity index (χ0n) is 22.1. The van der Waals surface area contributed by atoms with Gasteiger partial charge in [-0.05, 0) is 75.0 Å². The molecule has 2 aliphatic rings. The van der Waals surface area contributed by atoms with Crippen molar-refractivity contribution in [1.29, 1.82) is 0 Å². The number of nitrogens with one attached hydrogen (secondary N) is 5. The molecule has 0 radical (unpaired) electrons. The Morgan fingerprint density at radius 1 is 0.974 bits per heavy atom. The van der Waals surface area contributed by atoms with E-state index in [0.717, 1.165) is 44.3 Å². The normalized spacial score (nSPS) is 17.0. The minimum absolute atomic E-state index is 0.0229. The largest absolute Gasteiger partial charge is 0.349 e. The van der Waals surface area contributed by atoms with E-state index in [-0.39, 0.29) is 23.9 Å². The second kappa shape index (κ2) is 11.2. The first-order chi connectivity index (χ1) is 18.6. The number of piperidine rings is 1. The van der Waals surface area contributed by atoms with Crippen molar-refractivity contribution in [3.05, 3.63) is 70.4 Å². The van der Waals surface area contributed by atoms with E-state index in [1.54, 1.807) is 12.1 Å². The molecule has 0 saturated carbocycles. The van der Waals surface area contributed by atoms with E-state index in [1.807, 2.05) is 39.0 Å². The van der Waals surface area contributed by atoms with Crippen LogP contribution >= 0.6 is 0 Å². The molecule has 1 fully saturated rings. The highest BCUT2D eigenvalue weighted by atomic mass is 16.2. The van der Waals surface area contributed by atoms with Crippen molar-refractivity contribution in [3.63, 3.8) is 0 Å². The molecule has 198 valence electrons. The maximum atomic E-state index is 13.1. The Balaban J connectivity index is 0.00000144. The molecule has 0 spiro atoms. The molecule has 9 nitrogen and oxygen atoms in total. The molecular formula is C29H35N7O2. The fraction of sp³-hybridized carbons (Fsp3) is 0.379. The second-order valence-electron chi connectivity index (χ2n) is 9.65. The number of aromatic nitrogens is 4. The monoisotopic (exact) mass is 513 g/mol. The summed E-state index contributed by atoms with van der Waals surface area (Å²) < 4.78 is 0. The molecule has 2 aromatic heterocycles. The molecule has 1 aliphatic heterocycles. The predicted molar refractivity (Wildman–Crippen MR) is 148 cm³/mol. The minimum atomic E-state index is -0.152. The number of aromatic amines is 2. The fourth-order valence-electron chi connectivity index (χ4n) is 5.31. The van der Waals surface area contributed by atoms with Crippen LogP contribution in [0, 0.1) is 6.92 Å². The Morgan fingerprint density at radius 2 is 1.76 bits per heavy atom. The number of benzene rings is 2. The van der Waals surface area contributed by atoms with Crippen LogP contribution in [0.3, 0.4) is 0 Å². The van der Waals surface area contributed by atoms with Gasteiger partial charge in [0.2, 0.25) is 0 Å². The van der Waals surface area contributed by atoms with Crippen molar-refractivity contribution in [3.8, 4) is 11.5 Å². The number of fused-ring (bicyclic) bond motifs is 2. The van der Waals surface area contributed by atoms with Crippen LogP contribution in [-0.4, -0.2) is 51.1 Å². The highest BCUT2D eigenvalue weighted by Crippen LogP contribution is 2.31. The van der Waals surface area contributed by atoms with Crippen LogP contribution in [0.5, 0.6) is 0 Å². The van der Waals surface area contributed by atoms with Gasteiger partial charge in [-0.25, -0.2) is 4.98 Å². The lowest BCUT2D eigenvalue weighted by Crippen LogP contribution is -2.42. The minimum Gasteiger partial charge on any atom is -0.349 e. The summed E-state index contributed by atoms with van der Waals surface area (Å²) in [6, 6.07) is 13.8. The summed E-state index contributed by atoms with van der Waals surface area (Å²) in [6.45, 7) is 7.63. The Hall–Kier alpha value is -3.98. The van der Waals surface area contributed by atoms with Crippen molar-refractivity contribution < 1.29 is 9.59 Å². The van der Waals surface area contributed by atoms with Crippen LogP contribution < -0.4 is 16.0 Å². The quantitative estimate of drug-likeness (QED) is 0.273. The van der Waals surface area contributed by atoms with Crippen LogP contribution in [0.1, 0.15) is 76.7 Å². The van der Waals surface area contributed by atoms with Crippen LogP contribution in [0.4, 0.5) is 0 Å². The number of carbonyl (C=O) groups is 2. The molecule has 2 aromatic carbocycles. The molecule has 1 aliphatic carbocycles. The third-order valence-corrected chi connectivity index (χ3v) is 7.26. The number of hydrogen-bond acceptors (Lipinski definition) is 5. The van der Waals surface area contributed by atoms with Gasteiger partial charge in [0.25, 0.3) is 11.8 Å². The molecule has 1 unspecified atom stereocenters. The van der Waals surface area contributed by atoms with Crippen molar-refractivity contribution in [2.24, 2.45) is 0 Å². The molecule has 6 rings (SSSR count). The number of carbonyl (C=O) groups excluding carboxylic acids is 2. The molecule has 2 amide bonds. The van der Waals surface area contributed by atoms with Crippen molar-refractivity contribution in [2.45, 2.75) is 58.5 Å². The molecule has 4 aromatic rings. The topological polar surface area (TPSA) is 128 Å². The summed E-state index contributed by atoms with van der Waals surface area (Å²) in [4.78, 5) is 34.1. The van der Waals surface area contributed by atoms with Crippen LogP contribution in [0.25, 0.3) is 22.6 Å². The summed E-state index contributed by atoms with van der Waals surface area (Å²) >= 11 is 0. The molecule has 1 atom stereocenters. The lowest BCUT2D eigenvalue weighted by Gasteiger charge is -2.23. The van der Waals surface area contributed by atoms with E-state index in [2.05, 4.69) is 48.2 Å². The molecule has 38 heavy (non-hydrogen) atoms. The average molecular weight is 514 g/mol. The van der Waals surface area contributed by atoms with Crippen LogP contribution in [0.2, 0.25) is 0 Å². The lowest BCUT2D eigenvalue weighted by atomic mass is 10.1. The lowest BCUT2D eigenvalue weighted by molar-refractivity contribution is 0.0924. The van der Waals surface area contributed by atoms with E-state index in [0.29, 0.717) is 33.9 Å². The standard InChI is InChI=1S/C27H29N7O2.C2H6/c1-15-23(27(36)29-18-10-12-28-13-11-18)24(34-33-15)25-30-21-9-7-17(14-22(21)31-25)26(35)32-20-8-6-16-4-2-3-5-19(16)20;1-2/h2-5,7,9,14,18,20,28H,6,8,10-13H2,1H3,(H,29,36)(H,30,31)(H,32,35)(H,33,34);1-2H3. The second-order valence-corrected chi connectivity index (χ2v) is 9.65. The molecule has 1 saturated heterocycles. The van der Waals surface area contributed by atoms with Gasteiger partial charge in [-0.15, -0.1) is 0 Å². The first kappa shape index (κ1) is 25.7. The fourth-order valence-corrected chi connectivity index (χ4v) is 5.31. The van der Waals surface area contributed by atoms with Crippen LogP contribution in [0.15, 0.2) is 42.5 Å². The number of nitrogens with zero attached hydrogens (tertiary/aromatic N) is 2. The van der Waals surface area contributed by atoms with Crippen LogP contribution in [-0.2, 0) is 6.42 Å². The molecular weight excluding hydrogens is 478 g/mol. The molecule has 0 bridgehead atoms. The summed E-state index contributed by atoms with van der Waals surface area (Å²) in [6.07, 6.45) is 3.68. The van der Waals surface area contributed by atoms with E-state index in [4.69, 9.17) is 0 Å². The third-order valence-electron chi connectivity index (χ3n) is 7.26. The third kappa shape index (κ3) is 5.06. The van der Waals surface area contributed by atoms with E-state index < -0.39 is 0 Å². The number of H-pyrrole nitrogens is 2. The number of hydrogen-bond donors (Lipinski definition) is 5. The number of amides is 2. The van der Waals surface area contributed by atoms with Gasteiger partial charge in [0, 0.05) is 17.3 Å². The van der Waals surface area contributed by atoms with Gasteiger partial charge in [-0.2, -0.15) is 5.10 Å². The average Bonchev–Trinajstić information content (AvgIpc) is 3.66. The SMILES string of the molecule is CC.Cc1[nH]nc(-c2nc3ccc(C(=O)NC4CCc5ccccc54)cc3[nH]2)c1C(=O)NC1CCNCC1. The summed E-state index contributed by atoms with van der Waals surface area (Å²) in [5, 5.41) is 16.9. The number of rotatable bonds is 5. The Labute approximate surface area is 222 Å². The highest BCUT2D eigenvalue weighted by molar-refractivity contribution is 6.01. The first-order valence-corrected chi connectivity index (χ1v) is 13.5. The number of imidazole rings is 1. The predicted octanol–water partition coefficient (Wildman–Crippen LogP) is 4.19. The summed E-state index contributed by atoms with van der Waals surface area (Å²) in [5.41, 5.74) is 6.13. The maximum Gasteiger partial charge on any atom is 0.255 e. The van der Waals surface area contributed by atoms with Gasteiger partial charge in [0.05, 0.1) is 22.6 Å². The van der Waals surface area contributed by atoms with E-state index in [1.165, 1.54) is 11.1 Å². The van der Waals surface area contributed by atoms with E-state index in [9.17, 15) is 9.59 Å². The Morgan fingerprint density at radius 3 is 2.58 bits per heavy atom. The Bertz CT molecular complexity index is 1450. The molecule has 5 N–H and O–H groups in total. The van der Waals surface area contributed by atoms with Crippen molar-refractivity contribution in [1.82, 2.24) is 36.1 Å². The number of aryl methyl sites for hydroxylation is 2.